The summed E-state index contributed by atoms with van der Waals surface area (Å²) in [7, 11) is 1.30. The molecule has 1 rings (SSSR count). The van der Waals surface area contributed by atoms with E-state index in [1.165, 1.54) is 7.11 Å². The van der Waals surface area contributed by atoms with Gasteiger partial charge in [-0.05, 0) is 6.92 Å². The number of hydrogen-bond donors (Lipinski definition) is 0. The molecular weight excluding hydrogens is 196 g/mol. The molecule has 0 aromatic carbocycles. The molecule has 0 aliphatic heterocycles. The first kappa shape index (κ1) is 11.5. The first-order valence-electron chi connectivity index (χ1n) is 4.80. The number of hydrogen-bond acceptors (Lipinski definition) is 4. The molecule has 0 heterocycles. The van der Waals surface area contributed by atoms with Gasteiger partial charge < -0.3 is 9.47 Å². The topological polar surface area (TPSA) is 52.6 Å². The van der Waals surface area contributed by atoms with Crippen molar-refractivity contribution in [3.8, 4) is 0 Å². The van der Waals surface area contributed by atoms with E-state index in [9.17, 15) is 9.59 Å². The highest BCUT2D eigenvalue weighted by molar-refractivity contribution is 5.85. The average molecular weight is 210 g/mol. The molecule has 0 aromatic rings. The predicted molar refractivity (Wildman–Crippen MR) is 53.9 cm³/mol. The zero-order chi connectivity index (χ0) is 11.3. The third-order valence-corrected chi connectivity index (χ3v) is 2.17. The molecule has 15 heavy (non-hydrogen) atoms. The van der Waals surface area contributed by atoms with E-state index >= 15 is 0 Å². The van der Waals surface area contributed by atoms with Crippen LogP contribution >= 0.6 is 0 Å². The Morgan fingerprint density at radius 3 is 2.13 bits per heavy atom. The molecule has 0 amide bonds. The standard InChI is InChI=1S/C11H14O4/c1-3-15-11(13)9-7-5-4-6-8(9)10(12)14-2/h4-9H,3H2,1-2H3. The van der Waals surface area contributed by atoms with Gasteiger partial charge in [0.1, 0.15) is 0 Å². The number of rotatable bonds is 3. The number of ether oxygens (including phenoxy) is 2. The molecule has 0 fully saturated rings. The summed E-state index contributed by atoms with van der Waals surface area (Å²) in [5, 5.41) is 0. The second-order valence-corrected chi connectivity index (χ2v) is 3.10. The van der Waals surface area contributed by atoms with Gasteiger partial charge in [-0.25, -0.2) is 0 Å². The van der Waals surface area contributed by atoms with Gasteiger partial charge in [0, 0.05) is 0 Å². The lowest BCUT2D eigenvalue weighted by Gasteiger charge is -2.19. The van der Waals surface area contributed by atoms with Crippen LogP contribution < -0.4 is 0 Å². The molecule has 82 valence electrons. The molecule has 4 nitrogen and oxygen atoms in total. The van der Waals surface area contributed by atoms with Gasteiger partial charge in [0.25, 0.3) is 0 Å². The normalized spacial score (nSPS) is 23.6. The van der Waals surface area contributed by atoms with Crippen LogP contribution in [0.1, 0.15) is 6.92 Å². The Morgan fingerprint density at radius 2 is 1.67 bits per heavy atom. The zero-order valence-corrected chi connectivity index (χ0v) is 8.80. The fourth-order valence-corrected chi connectivity index (χ4v) is 1.43. The van der Waals surface area contributed by atoms with E-state index in [0.717, 1.165) is 0 Å². The van der Waals surface area contributed by atoms with Crippen molar-refractivity contribution >= 4 is 11.9 Å². The molecule has 0 radical (unpaired) electrons. The van der Waals surface area contributed by atoms with E-state index in [1.54, 1.807) is 31.2 Å². The molecule has 1 aliphatic rings. The van der Waals surface area contributed by atoms with Crippen LogP contribution in [0.3, 0.4) is 0 Å². The van der Waals surface area contributed by atoms with Gasteiger partial charge >= 0.3 is 11.9 Å². The highest BCUT2D eigenvalue weighted by Crippen LogP contribution is 2.22. The summed E-state index contributed by atoms with van der Waals surface area (Å²) in [6.45, 7) is 2.04. The maximum absolute atomic E-state index is 11.5. The van der Waals surface area contributed by atoms with Crippen LogP contribution in [0.5, 0.6) is 0 Å². The minimum atomic E-state index is -0.570. The SMILES string of the molecule is CCOC(=O)C1C=CC=CC1C(=O)OC. The van der Waals surface area contributed by atoms with Gasteiger partial charge in [0.15, 0.2) is 0 Å². The molecule has 2 unspecified atom stereocenters. The Morgan fingerprint density at radius 1 is 1.13 bits per heavy atom. The third-order valence-electron chi connectivity index (χ3n) is 2.17. The fourth-order valence-electron chi connectivity index (χ4n) is 1.43. The van der Waals surface area contributed by atoms with Crippen molar-refractivity contribution in [1.29, 1.82) is 0 Å². The largest absolute Gasteiger partial charge is 0.469 e. The lowest BCUT2D eigenvalue weighted by Crippen LogP contribution is -2.30. The van der Waals surface area contributed by atoms with Crippen LogP contribution in [0.4, 0.5) is 0 Å². The van der Waals surface area contributed by atoms with E-state index in [1.807, 2.05) is 0 Å². The van der Waals surface area contributed by atoms with Crippen LogP contribution in [0.2, 0.25) is 0 Å². The van der Waals surface area contributed by atoms with E-state index in [2.05, 4.69) is 4.74 Å². The Balaban J connectivity index is 2.76. The maximum atomic E-state index is 11.5. The number of esters is 2. The monoisotopic (exact) mass is 210 g/mol. The second-order valence-electron chi connectivity index (χ2n) is 3.10. The van der Waals surface area contributed by atoms with Crippen molar-refractivity contribution in [3.05, 3.63) is 24.3 Å². The summed E-state index contributed by atoms with van der Waals surface area (Å²) < 4.78 is 9.49. The molecule has 0 spiro atoms. The van der Waals surface area contributed by atoms with Gasteiger partial charge in [-0.1, -0.05) is 24.3 Å². The molecule has 0 saturated carbocycles. The van der Waals surface area contributed by atoms with Gasteiger partial charge in [-0.15, -0.1) is 0 Å². The van der Waals surface area contributed by atoms with Gasteiger partial charge in [-0.3, -0.25) is 9.59 Å². The van der Waals surface area contributed by atoms with E-state index in [0.29, 0.717) is 6.61 Å². The average Bonchev–Trinajstić information content (AvgIpc) is 2.28. The Bertz CT molecular complexity index is 304. The minimum Gasteiger partial charge on any atom is -0.469 e. The van der Waals surface area contributed by atoms with Crippen molar-refractivity contribution < 1.29 is 19.1 Å². The summed E-state index contributed by atoms with van der Waals surface area (Å²) in [4.78, 5) is 22.9. The van der Waals surface area contributed by atoms with Crippen LogP contribution in [0.15, 0.2) is 24.3 Å². The lowest BCUT2D eigenvalue weighted by molar-refractivity contribution is -0.155. The number of carbonyl (C=O) groups excluding carboxylic acids is 2. The van der Waals surface area contributed by atoms with Crippen molar-refractivity contribution in [3.63, 3.8) is 0 Å². The first-order chi connectivity index (χ1) is 7.20. The first-order valence-corrected chi connectivity index (χ1v) is 4.80. The zero-order valence-electron chi connectivity index (χ0n) is 8.80. The van der Waals surface area contributed by atoms with Gasteiger partial charge in [0.2, 0.25) is 0 Å². The summed E-state index contributed by atoms with van der Waals surface area (Å²) in [5.41, 5.74) is 0. The van der Waals surface area contributed by atoms with Crippen molar-refractivity contribution in [2.45, 2.75) is 6.92 Å². The molecule has 0 aromatic heterocycles. The van der Waals surface area contributed by atoms with E-state index in [4.69, 9.17) is 4.74 Å². The molecule has 0 saturated heterocycles. The summed E-state index contributed by atoms with van der Waals surface area (Å²) in [6.07, 6.45) is 6.74. The molecule has 0 bridgehead atoms. The van der Waals surface area contributed by atoms with Crippen LogP contribution in [-0.4, -0.2) is 25.7 Å². The van der Waals surface area contributed by atoms with Crippen molar-refractivity contribution in [1.82, 2.24) is 0 Å². The minimum absolute atomic E-state index is 0.306. The highest BCUT2D eigenvalue weighted by atomic mass is 16.5. The molecular formula is C11H14O4. The van der Waals surface area contributed by atoms with Gasteiger partial charge in [0.05, 0.1) is 25.6 Å². The predicted octanol–water partition coefficient (Wildman–Crippen LogP) is 1.08. The number of carbonyl (C=O) groups is 2. The van der Waals surface area contributed by atoms with Crippen LogP contribution in [0, 0.1) is 11.8 Å². The Hall–Kier alpha value is -1.58. The lowest BCUT2D eigenvalue weighted by atomic mass is 9.88. The number of allylic oxidation sites excluding steroid dienone is 2. The summed E-state index contributed by atoms with van der Waals surface area (Å²) in [5.74, 6) is -1.95. The Kier molecular flexibility index (Phi) is 4.09. The summed E-state index contributed by atoms with van der Waals surface area (Å²) >= 11 is 0. The smallest absolute Gasteiger partial charge is 0.313 e. The molecule has 4 heteroatoms. The van der Waals surface area contributed by atoms with Crippen LogP contribution in [-0.2, 0) is 19.1 Å². The van der Waals surface area contributed by atoms with Crippen molar-refractivity contribution in [2.75, 3.05) is 13.7 Å². The highest BCUT2D eigenvalue weighted by Gasteiger charge is 2.32. The molecule has 1 aliphatic carbocycles. The van der Waals surface area contributed by atoms with Crippen molar-refractivity contribution in [2.24, 2.45) is 11.8 Å². The maximum Gasteiger partial charge on any atom is 0.313 e. The number of methoxy groups -OCH3 is 1. The van der Waals surface area contributed by atoms with Gasteiger partial charge in [-0.2, -0.15) is 0 Å². The Labute approximate surface area is 88.6 Å². The third kappa shape index (κ3) is 2.68. The quantitative estimate of drug-likeness (QED) is 0.654. The fraction of sp³-hybridized carbons (Fsp3) is 0.455. The second kappa shape index (κ2) is 5.34. The van der Waals surface area contributed by atoms with Crippen LogP contribution in [0.25, 0.3) is 0 Å². The van der Waals surface area contributed by atoms with E-state index in [-0.39, 0.29) is 0 Å². The summed E-state index contributed by atoms with van der Waals surface area (Å²) in [6, 6.07) is 0. The molecule has 0 N–H and O–H groups in total. The molecule has 2 atom stereocenters. The van der Waals surface area contributed by atoms with E-state index < -0.39 is 23.8 Å².